The van der Waals surface area contributed by atoms with Crippen LogP contribution in [0, 0.1) is 5.92 Å². The van der Waals surface area contributed by atoms with Crippen LogP contribution in [-0.2, 0) is 11.3 Å². The number of ether oxygens (including phenoxy) is 1. The summed E-state index contributed by atoms with van der Waals surface area (Å²) in [6, 6.07) is 0.539. The molecule has 20 heavy (non-hydrogen) atoms. The Morgan fingerprint density at radius 1 is 1.30 bits per heavy atom. The molecule has 5 heteroatoms. The van der Waals surface area contributed by atoms with Crippen LogP contribution in [0.2, 0.25) is 0 Å². The van der Waals surface area contributed by atoms with Gasteiger partial charge in [-0.3, -0.25) is 0 Å². The van der Waals surface area contributed by atoms with Crippen molar-refractivity contribution in [2.24, 2.45) is 5.92 Å². The van der Waals surface area contributed by atoms with Crippen molar-refractivity contribution < 1.29 is 4.74 Å². The monoisotopic (exact) mass is 278 g/mol. The number of hydrogen-bond acceptors (Lipinski definition) is 5. The molecule has 0 bridgehead atoms. The Bertz CT molecular complexity index is 395. The van der Waals surface area contributed by atoms with Crippen molar-refractivity contribution in [3.63, 3.8) is 0 Å². The summed E-state index contributed by atoms with van der Waals surface area (Å²) in [6.07, 6.45) is 6.38. The zero-order valence-corrected chi connectivity index (χ0v) is 12.8. The number of nitrogens with one attached hydrogen (secondary N) is 1. The van der Waals surface area contributed by atoms with Crippen LogP contribution in [0.1, 0.15) is 32.3 Å². The van der Waals surface area contributed by atoms with Crippen molar-refractivity contribution in [3.05, 3.63) is 18.0 Å². The Labute approximate surface area is 121 Å². The van der Waals surface area contributed by atoms with Gasteiger partial charge < -0.3 is 15.0 Å². The third-order valence-electron chi connectivity index (χ3n) is 3.88. The van der Waals surface area contributed by atoms with Gasteiger partial charge in [-0.2, -0.15) is 0 Å². The average molecular weight is 278 g/mol. The zero-order valence-electron chi connectivity index (χ0n) is 12.8. The molecule has 5 nitrogen and oxygen atoms in total. The van der Waals surface area contributed by atoms with E-state index in [1.165, 1.54) is 12.8 Å². The maximum atomic E-state index is 5.00. The molecule has 2 atom stereocenters. The number of piperidine rings is 1. The highest BCUT2D eigenvalue weighted by Crippen LogP contribution is 2.24. The summed E-state index contributed by atoms with van der Waals surface area (Å²) in [6.45, 7) is 7.98. The number of rotatable bonds is 6. The fourth-order valence-corrected chi connectivity index (χ4v) is 2.56. The molecule has 1 aromatic heterocycles. The highest BCUT2D eigenvalue weighted by Gasteiger charge is 2.24. The van der Waals surface area contributed by atoms with E-state index >= 15 is 0 Å². The highest BCUT2D eigenvalue weighted by atomic mass is 16.5. The van der Waals surface area contributed by atoms with Gasteiger partial charge in [-0.25, -0.2) is 9.97 Å². The second kappa shape index (κ2) is 7.55. The Balaban J connectivity index is 1.90. The molecular formula is C15H26N4O. The topological polar surface area (TPSA) is 50.3 Å². The van der Waals surface area contributed by atoms with E-state index in [1.807, 2.05) is 12.4 Å². The van der Waals surface area contributed by atoms with Gasteiger partial charge in [-0.05, 0) is 25.7 Å². The van der Waals surface area contributed by atoms with Gasteiger partial charge in [0.1, 0.15) is 0 Å². The summed E-state index contributed by atoms with van der Waals surface area (Å²) in [5, 5.41) is 3.30. The summed E-state index contributed by atoms with van der Waals surface area (Å²) in [4.78, 5) is 11.4. The SMILES string of the molecule is COCCNCc1cnc(N2CC(C)CCC2C)nc1. The normalized spacial score (nSPS) is 23.1. The van der Waals surface area contributed by atoms with E-state index < -0.39 is 0 Å². The summed E-state index contributed by atoms with van der Waals surface area (Å²) in [7, 11) is 1.71. The van der Waals surface area contributed by atoms with E-state index in [0.717, 1.165) is 43.7 Å². The smallest absolute Gasteiger partial charge is 0.225 e. The Hall–Kier alpha value is -1.20. The molecule has 0 radical (unpaired) electrons. The fourth-order valence-electron chi connectivity index (χ4n) is 2.56. The van der Waals surface area contributed by atoms with Crippen molar-refractivity contribution in [2.75, 3.05) is 31.7 Å². The van der Waals surface area contributed by atoms with Gasteiger partial charge >= 0.3 is 0 Å². The van der Waals surface area contributed by atoms with Crippen molar-refractivity contribution in [3.8, 4) is 0 Å². The lowest BCUT2D eigenvalue weighted by molar-refractivity contribution is 0.199. The van der Waals surface area contributed by atoms with E-state index in [1.54, 1.807) is 7.11 Å². The summed E-state index contributed by atoms with van der Waals surface area (Å²) in [5.74, 6) is 1.59. The molecule has 2 unspecified atom stereocenters. The quantitative estimate of drug-likeness (QED) is 0.805. The maximum absolute atomic E-state index is 5.00. The van der Waals surface area contributed by atoms with Crippen molar-refractivity contribution in [1.29, 1.82) is 0 Å². The van der Waals surface area contributed by atoms with Gasteiger partial charge in [0.15, 0.2) is 0 Å². The largest absolute Gasteiger partial charge is 0.383 e. The van der Waals surface area contributed by atoms with E-state index in [0.29, 0.717) is 6.04 Å². The molecule has 112 valence electrons. The van der Waals surface area contributed by atoms with Crippen LogP contribution in [0.4, 0.5) is 5.95 Å². The Morgan fingerprint density at radius 3 is 2.75 bits per heavy atom. The Kier molecular flexibility index (Phi) is 5.73. The fraction of sp³-hybridized carbons (Fsp3) is 0.733. The highest BCUT2D eigenvalue weighted by molar-refractivity contribution is 5.32. The van der Waals surface area contributed by atoms with E-state index in [-0.39, 0.29) is 0 Å². The van der Waals surface area contributed by atoms with Crippen LogP contribution in [0.5, 0.6) is 0 Å². The first-order chi connectivity index (χ1) is 9.70. The minimum absolute atomic E-state index is 0.539. The average Bonchev–Trinajstić information content (AvgIpc) is 2.47. The van der Waals surface area contributed by atoms with Gasteiger partial charge in [-0.1, -0.05) is 6.92 Å². The molecule has 0 amide bonds. The lowest BCUT2D eigenvalue weighted by Gasteiger charge is -2.36. The molecule has 1 N–H and O–H groups in total. The van der Waals surface area contributed by atoms with Crippen molar-refractivity contribution in [2.45, 2.75) is 39.3 Å². The first kappa shape index (κ1) is 15.2. The lowest BCUT2D eigenvalue weighted by Crippen LogP contribution is -2.42. The van der Waals surface area contributed by atoms with Gasteiger partial charge in [0.05, 0.1) is 6.61 Å². The van der Waals surface area contributed by atoms with Gasteiger partial charge in [0, 0.05) is 50.7 Å². The van der Waals surface area contributed by atoms with Gasteiger partial charge in [-0.15, -0.1) is 0 Å². The molecule has 1 saturated heterocycles. The molecule has 1 aliphatic rings. The molecule has 1 fully saturated rings. The van der Waals surface area contributed by atoms with Gasteiger partial charge in [0.25, 0.3) is 0 Å². The van der Waals surface area contributed by atoms with Crippen molar-refractivity contribution >= 4 is 5.95 Å². The molecule has 1 aromatic rings. The molecule has 0 aromatic carbocycles. The predicted molar refractivity (Wildman–Crippen MR) is 80.8 cm³/mol. The standard InChI is InChI=1S/C15H26N4O/c1-12-4-5-13(2)19(11-12)15-17-9-14(10-18-15)8-16-6-7-20-3/h9-10,12-13,16H,4-8,11H2,1-3H3. The number of hydrogen-bond donors (Lipinski definition) is 1. The summed E-state index contributed by atoms with van der Waals surface area (Å²) in [5.41, 5.74) is 1.11. The lowest BCUT2D eigenvalue weighted by atomic mass is 9.95. The number of methoxy groups -OCH3 is 1. The Morgan fingerprint density at radius 2 is 2.05 bits per heavy atom. The van der Waals surface area contributed by atoms with Crippen LogP contribution < -0.4 is 10.2 Å². The molecule has 0 saturated carbocycles. The zero-order chi connectivity index (χ0) is 14.4. The molecule has 0 spiro atoms. The first-order valence-corrected chi connectivity index (χ1v) is 7.48. The minimum atomic E-state index is 0.539. The second-order valence-corrected chi connectivity index (χ2v) is 5.74. The number of anilines is 1. The first-order valence-electron chi connectivity index (χ1n) is 7.48. The second-order valence-electron chi connectivity index (χ2n) is 5.74. The predicted octanol–water partition coefficient (Wildman–Crippen LogP) is 1.84. The summed E-state index contributed by atoms with van der Waals surface area (Å²) >= 11 is 0. The van der Waals surface area contributed by atoms with E-state index in [2.05, 4.69) is 34.0 Å². The van der Waals surface area contributed by atoms with Crippen LogP contribution in [-0.4, -0.2) is 42.8 Å². The molecule has 1 aliphatic heterocycles. The van der Waals surface area contributed by atoms with Crippen LogP contribution in [0.25, 0.3) is 0 Å². The van der Waals surface area contributed by atoms with E-state index in [9.17, 15) is 0 Å². The molecular weight excluding hydrogens is 252 g/mol. The van der Waals surface area contributed by atoms with Gasteiger partial charge in [0.2, 0.25) is 5.95 Å². The molecule has 0 aliphatic carbocycles. The maximum Gasteiger partial charge on any atom is 0.225 e. The van der Waals surface area contributed by atoms with Crippen molar-refractivity contribution in [1.82, 2.24) is 15.3 Å². The van der Waals surface area contributed by atoms with Crippen LogP contribution >= 0.6 is 0 Å². The number of aromatic nitrogens is 2. The number of nitrogens with zero attached hydrogens (tertiary/aromatic N) is 3. The minimum Gasteiger partial charge on any atom is -0.383 e. The third-order valence-corrected chi connectivity index (χ3v) is 3.88. The van der Waals surface area contributed by atoms with Crippen LogP contribution in [0.15, 0.2) is 12.4 Å². The van der Waals surface area contributed by atoms with Crippen LogP contribution in [0.3, 0.4) is 0 Å². The van der Waals surface area contributed by atoms with E-state index in [4.69, 9.17) is 4.74 Å². The summed E-state index contributed by atoms with van der Waals surface area (Å²) < 4.78 is 5.00. The third kappa shape index (κ3) is 4.15. The molecule has 2 heterocycles. The molecule has 2 rings (SSSR count).